The van der Waals surface area contributed by atoms with Crippen molar-refractivity contribution in [3.63, 3.8) is 0 Å². The Morgan fingerprint density at radius 2 is 1.95 bits per heavy atom. The largest absolute Gasteiger partial charge is 0.316 e. The highest BCUT2D eigenvalue weighted by Crippen LogP contribution is 2.27. The van der Waals surface area contributed by atoms with Gasteiger partial charge in [0, 0.05) is 17.6 Å². The minimum atomic E-state index is 0.488. The smallest absolute Gasteiger partial charge is 0.0406 e. The number of hydrogen-bond acceptors (Lipinski definition) is 2. The van der Waals surface area contributed by atoms with Gasteiger partial charge in [0.1, 0.15) is 0 Å². The molecule has 112 valence electrons. The van der Waals surface area contributed by atoms with Gasteiger partial charge in [0.25, 0.3) is 0 Å². The Bertz CT molecular complexity index is 402. The Morgan fingerprint density at radius 3 is 2.60 bits per heavy atom. The van der Waals surface area contributed by atoms with Crippen molar-refractivity contribution in [2.24, 2.45) is 11.8 Å². The summed E-state index contributed by atoms with van der Waals surface area (Å²) in [6, 6.07) is 8.77. The molecule has 0 spiro atoms. The minimum absolute atomic E-state index is 0.488. The van der Waals surface area contributed by atoms with Gasteiger partial charge in [-0.3, -0.25) is 4.90 Å². The van der Waals surface area contributed by atoms with Gasteiger partial charge in [-0.25, -0.2) is 0 Å². The van der Waals surface area contributed by atoms with Gasteiger partial charge in [-0.15, -0.1) is 0 Å². The standard InChI is InChI=1S/C17H27ClN2/c1-13(2)10-19-11-15-8-9-20(12-15)14(3)16-4-6-17(18)7-5-16/h4-7,13-15,19H,8-12H2,1-3H3. The summed E-state index contributed by atoms with van der Waals surface area (Å²) in [7, 11) is 0. The maximum absolute atomic E-state index is 5.96. The van der Waals surface area contributed by atoms with Gasteiger partial charge < -0.3 is 5.32 Å². The van der Waals surface area contributed by atoms with Crippen LogP contribution in [0.3, 0.4) is 0 Å². The molecule has 2 atom stereocenters. The normalized spacial score (nSPS) is 21.6. The molecule has 1 aromatic rings. The van der Waals surface area contributed by atoms with E-state index in [0.29, 0.717) is 6.04 Å². The Balaban J connectivity index is 1.81. The zero-order valence-corrected chi connectivity index (χ0v) is 13.7. The summed E-state index contributed by atoms with van der Waals surface area (Å²) in [5.41, 5.74) is 1.37. The van der Waals surface area contributed by atoms with Crippen LogP contribution in [0.15, 0.2) is 24.3 Å². The third-order valence-electron chi connectivity index (χ3n) is 4.20. The highest BCUT2D eigenvalue weighted by Gasteiger charge is 2.26. The van der Waals surface area contributed by atoms with Crippen molar-refractivity contribution in [3.05, 3.63) is 34.9 Å². The molecule has 1 aliphatic heterocycles. The van der Waals surface area contributed by atoms with Crippen LogP contribution < -0.4 is 5.32 Å². The summed E-state index contributed by atoms with van der Waals surface area (Å²) in [6.45, 7) is 11.5. The Kier molecular flexibility index (Phi) is 5.88. The van der Waals surface area contributed by atoms with Gasteiger partial charge in [-0.2, -0.15) is 0 Å². The average Bonchev–Trinajstić information content (AvgIpc) is 2.87. The molecule has 20 heavy (non-hydrogen) atoms. The first kappa shape index (κ1) is 15.8. The Morgan fingerprint density at radius 1 is 1.25 bits per heavy atom. The van der Waals surface area contributed by atoms with Crippen molar-refractivity contribution in [2.75, 3.05) is 26.2 Å². The second kappa shape index (κ2) is 7.44. The fourth-order valence-corrected chi connectivity index (χ4v) is 3.04. The van der Waals surface area contributed by atoms with Crippen molar-refractivity contribution >= 4 is 11.6 Å². The number of benzene rings is 1. The third-order valence-corrected chi connectivity index (χ3v) is 4.45. The number of nitrogens with one attached hydrogen (secondary N) is 1. The van der Waals surface area contributed by atoms with Gasteiger partial charge in [-0.1, -0.05) is 37.6 Å². The van der Waals surface area contributed by atoms with E-state index in [4.69, 9.17) is 11.6 Å². The molecule has 0 bridgehead atoms. The summed E-state index contributed by atoms with van der Waals surface area (Å²) in [5.74, 6) is 1.53. The predicted octanol–water partition coefficient (Wildman–Crippen LogP) is 3.97. The number of hydrogen-bond donors (Lipinski definition) is 1. The van der Waals surface area contributed by atoms with E-state index < -0.39 is 0 Å². The van der Waals surface area contributed by atoms with Crippen LogP contribution in [-0.2, 0) is 0 Å². The molecule has 2 nitrogen and oxygen atoms in total. The molecular weight excluding hydrogens is 268 g/mol. The molecule has 3 heteroatoms. The van der Waals surface area contributed by atoms with E-state index in [1.54, 1.807) is 0 Å². The van der Waals surface area contributed by atoms with E-state index in [-0.39, 0.29) is 0 Å². The van der Waals surface area contributed by atoms with Crippen LogP contribution in [0.5, 0.6) is 0 Å². The molecule has 0 saturated carbocycles. The van der Waals surface area contributed by atoms with Crippen molar-refractivity contribution < 1.29 is 0 Å². The van der Waals surface area contributed by atoms with Crippen molar-refractivity contribution in [2.45, 2.75) is 33.2 Å². The van der Waals surface area contributed by atoms with Crippen LogP contribution >= 0.6 is 11.6 Å². The molecular formula is C17H27ClN2. The van der Waals surface area contributed by atoms with Gasteiger partial charge in [0.05, 0.1) is 0 Å². The fourth-order valence-electron chi connectivity index (χ4n) is 2.91. The SMILES string of the molecule is CC(C)CNCC1CCN(C(C)c2ccc(Cl)cc2)C1. The Labute approximate surface area is 128 Å². The zero-order chi connectivity index (χ0) is 14.5. The number of nitrogens with zero attached hydrogens (tertiary/aromatic N) is 1. The topological polar surface area (TPSA) is 15.3 Å². The second-order valence-corrected chi connectivity index (χ2v) is 6.87. The average molecular weight is 295 g/mol. The van der Waals surface area contributed by atoms with Crippen LogP contribution in [-0.4, -0.2) is 31.1 Å². The first-order chi connectivity index (χ1) is 9.56. The van der Waals surface area contributed by atoms with E-state index in [1.807, 2.05) is 12.1 Å². The van der Waals surface area contributed by atoms with Crippen LogP contribution in [0, 0.1) is 11.8 Å². The molecule has 2 unspecified atom stereocenters. The van der Waals surface area contributed by atoms with Crippen LogP contribution in [0.25, 0.3) is 0 Å². The lowest BCUT2D eigenvalue weighted by atomic mass is 10.1. The van der Waals surface area contributed by atoms with E-state index >= 15 is 0 Å². The summed E-state index contributed by atoms with van der Waals surface area (Å²) >= 11 is 5.96. The lowest BCUT2D eigenvalue weighted by molar-refractivity contribution is 0.251. The Hall–Kier alpha value is -0.570. The third kappa shape index (κ3) is 4.47. The second-order valence-electron chi connectivity index (χ2n) is 6.43. The molecule has 1 heterocycles. The van der Waals surface area contributed by atoms with Crippen LogP contribution in [0.2, 0.25) is 5.02 Å². The maximum Gasteiger partial charge on any atom is 0.0406 e. The van der Waals surface area contributed by atoms with Crippen LogP contribution in [0.1, 0.15) is 38.8 Å². The first-order valence-electron chi connectivity index (χ1n) is 7.76. The van der Waals surface area contributed by atoms with Crippen LogP contribution in [0.4, 0.5) is 0 Å². The van der Waals surface area contributed by atoms with Crippen molar-refractivity contribution in [1.29, 1.82) is 0 Å². The summed E-state index contributed by atoms with van der Waals surface area (Å²) < 4.78 is 0. The zero-order valence-electron chi connectivity index (χ0n) is 12.9. The molecule has 0 aliphatic carbocycles. The van der Waals surface area contributed by atoms with Gasteiger partial charge in [0.15, 0.2) is 0 Å². The summed E-state index contributed by atoms with van der Waals surface area (Å²) in [6.07, 6.45) is 1.31. The highest BCUT2D eigenvalue weighted by atomic mass is 35.5. The molecule has 0 aromatic heterocycles. The quantitative estimate of drug-likeness (QED) is 0.854. The summed E-state index contributed by atoms with van der Waals surface area (Å²) in [5, 5.41) is 4.41. The molecule has 1 N–H and O–H groups in total. The van der Waals surface area contributed by atoms with E-state index in [9.17, 15) is 0 Å². The van der Waals surface area contributed by atoms with Gasteiger partial charge in [0.2, 0.25) is 0 Å². The summed E-state index contributed by atoms with van der Waals surface area (Å²) in [4.78, 5) is 2.59. The number of halogens is 1. The highest BCUT2D eigenvalue weighted by molar-refractivity contribution is 6.30. The van der Waals surface area contributed by atoms with E-state index in [1.165, 1.54) is 25.1 Å². The van der Waals surface area contributed by atoms with Gasteiger partial charge >= 0.3 is 0 Å². The van der Waals surface area contributed by atoms with Crippen molar-refractivity contribution in [3.8, 4) is 0 Å². The number of rotatable bonds is 6. The molecule has 1 aromatic carbocycles. The van der Waals surface area contributed by atoms with Gasteiger partial charge in [-0.05, 0) is 62.5 Å². The van der Waals surface area contributed by atoms with Crippen molar-refractivity contribution in [1.82, 2.24) is 10.2 Å². The number of likely N-dealkylation sites (tertiary alicyclic amines) is 1. The molecule has 0 amide bonds. The molecule has 1 aliphatic rings. The monoisotopic (exact) mass is 294 g/mol. The predicted molar refractivity (Wildman–Crippen MR) is 87.3 cm³/mol. The maximum atomic E-state index is 5.96. The van der Waals surface area contributed by atoms with E-state index in [2.05, 4.69) is 43.1 Å². The fraction of sp³-hybridized carbons (Fsp3) is 0.647. The molecule has 1 saturated heterocycles. The minimum Gasteiger partial charge on any atom is -0.316 e. The lowest BCUT2D eigenvalue weighted by Crippen LogP contribution is -2.29. The van der Waals surface area contributed by atoms with E-state index in [0.717, 1.165) is 29.9 Å². The lowest BCUT2D eigenvalue weighted by Gasteiger charge is -2.25. The first-order valence-corrected chi connectivity index (χ1v) is 8.14. The molecule has 0 radical (unpaired) electrons. The molecule has 1 fully saturated rings. The molecule has 2 rings (SSSR count).